The van der Waals surface area contributed by atoms with Gasteiger partial charge in [-0.2, -0.15) is 5.10 Å². The zero-order chi connectivity index (χ0) is 10.1. The number of hydrogen-bond acceptors (Lipinski definition) is 2. The van der Waals surface area contributed by atoms with Gasteiger partial charge >= 0.3 is 0 Å². The largest absolute Gasteiger partial charge is 0.309 e. The van der Waals surface area contributed by atoms with Crippen LogP contribution in [0.25, 0.3) is 0 Å². The fourth-order valence-electron chi connectivity index (χ4n) is 0.950. The maximum atomic E-state index is 10.7. The Hall–Kier alpha value is -1.32. The first-order chi connectivity index (χ1) is 5.89. The van der Waals surface area contributed by atoms with Crippen LogP contribution in [0.5, 0.6) is 0 Å². The average Bonchev–Trinajstić information content (AvgIpc) is 2.32. The summed E-state index contributed by atoms with van der Waals surface area (Å²) in [4.78, 5) is 10.7. The summed E-state index contributed by atoms with van der Waals surface area (Å²) in [6, 6.07) is 1.85. The topological polar surface area (TPSA) is 57.8 Å². The van der Waals surface area contributed by atoms with E-state index in [0.717, 1.165) is 5.69 Å². The van der Waals surface area contributed by atoms with Crippen LogP contribution in [-0.2, 0) is 10.2 Å². The Morgan fingerprint density at radius 2 is 2.15 bits per heavy atom. The van der Waals surface area contributed by atoms with E-state index in [9.17, 15) is 4.79 Å². The number of nitrogens with one attached hydrogen (secondary N) is 2. The third-order valence-corrected chi connectivity index (χ3v) is 1.69. The van der Waals surface area contributed by atoms with Gasteiger partial charge in [0, 0.05) is 24.1 Å². The number of carbonyl (C=O) groups excluding carboxylic acids is 1. The van der Waals surface area contributed by atoms with E-state index in [1.807, 2.05) is 6.07 Å². The first-order valence-electron chi connectivity index (χ1n) is 4.23. The monoisotopic (exact) mass is 181 g/mol. The van der Waals surface area contributed by atoms with Crippen LogP contribution in [0.15, 0.2) is 6.07 Å². The van der Waals surface area contributed by atoms with Gasteiger partial charge in [0.15, 0.2) is 5.82 Å². The molecule has 0 aliphatic carbocycles. The van der Waals surface area contributed by atoms with Gasteiger partial charge in [0.2, 0.25) is 5.91 Å². The molecule has 0 radical (unpaired) electrons. The van der Waals surface area contributed by atoms with Crippen LogP contribution >= 0.6 is 0 Å². The zero-order valence-electron chi connectivity index (χ0n) is 8.43. The van der Waals surface area contributed by atoms with Crippen molar-refractivity contribution >= 4 is 11.7 Å². The fraction of sp³-hybridized carbons (Fsp3) is 0.556. The van der Waals surface area contributed by atoms with Gasteiger partial charge in [0.05, 0.1) is 0 Å². The molecule has 4 heteroatoms. The molecule has 0 saturated carbocycles. The summed E-state index contributed by atoms with van der Waals surface area (Å²) in [7, 11) is 0. The van der Waals surface area contributed by atoms with Crippen molar-refractivity contribution in [3.63, 3.8) is 0 Å². The summed E-state index contributed by atoms with van der Waals surface area (Å²) in [5.74, 6) is 0.476. The number of hydrogen-bond donors (Lipinski definition) is 2. The molecule has 1 aromatic rings. The summed E-state index contributed by atoms with van der Waals surface area (Å²) in [5, 5.41) is 9.47. The van der Waals surface area contributed by atoms with Crippen LogP contribution < -0.4 is 5.32 Å². The Morgan fingerprint density at radius 1 is 1.54 bits per heavy atom. The number of carbonyl (C=O) groups is 1. The van der Waals surface area contributed by atoms with Crippen molar-refractivity contribution in [2.45, 2.75) is 33.1 Å². The van der Waals surface area contributed by atoms with E-state index in [4.69, 9.17) is 0 Å². The smallest absolute Gasteiger partial charge is 0.222 e. The predicted octanol–water partition coefficient (Wildman–Crippen LogP) is 1.67. The molecule has 0 aromatic carbocycles. The highest BCUT2D eigenvalue weighted by Gasteiger charge is 2.16. The molecule has 1 aromatic heterocycles. The molecule has 4 nitrogen and oxygen atoms in total. The molecule has 1 heterocycles. The van der Waals surface area contributed by atoms with Gasteiger partial charge in [-0.3, -0.25) is 9.89 Å². The van der Waals surface area contributed by atoms with E-state index in [0.29, 0.717) is 5.82 Å². The second kappa shape index (κ2) is 3.20. The second-order valence-corrected chi connectivity index (χ2v) is 4.10. The van der Waals surface area contributed by atoms with Gasteiger partial charge in [-0.05, 0) is 0 Å². The van der Waals surface area contributed by atoms with Crippen molar-refractivity contribution < 1.29 is 4.79 Å². The third-order valence-electron chi connectivity index (χ3n) is 1.69. The Balaban J connectivity index is 2.81. The van der Waals surface area contributed by atoms with Gasteiger partial charge in [-0.1, -0.05) is 20.8 Å². The highest BCUT2D eigenvalue weighted by molar-refractivity contribution is 5.87. The van der Waals surface area contributed by atoms with Crippen molar-refractivity contribution in [3.8, 4) is 0 Å². The molecule has 0 spiro atoms. The summed E-state index contributed by atoms with van der Waals surface area (Å²) in [6.45, 7) is 7.71. The average molecular weight is 181 g/mol. The van der Waals surface area contributed by atoms with Crippen molar-refractivity contribution in [1.82, 2.24) is 10.2 Å². The maximum Gasteiger partial charge on any atom is 0.222 e. The van der Waals surface area contributed by atoms with Crippen LogP contribution in [0.4, 0.5) is 5.82 Å². The van der Waals surface area contributed by atoms with E-state index in [2.05, 4.69) is 36.3 Å². The zero-order valence-corrected chi connectivity index (χ0v) is 8.43. The molecule has 1 amide bonds. The van der Waals surface area contributed by atoms with Crippen molar-refractivity contribution in [2.24, 2.45) is 0 Å². The van der Waals surface area contributed by atoms with E-state index >= 15 is 0 Å². The molecule has 0 bridgehead atoms. The Morgan fingerprint density at radius 3 is 2.54 bits per heavy atom. The minimum absolute atomic E-state index is 0.0315. The lowest BCUT2D eigenvalue weighted by atomic mass is 9.92. The predicted molar refractivity (Wildman–Crippen MR) is 51.6 cm³/mol. The number of nitrogens with zero attached hydrogens (tertiary/aromatic N) is 1. The first-order valence-corrected chi connectivity index (χ1v) is 4.23. The normalized spacial score (nSPS) is 11.4. The molecule has 72 valence electrons. The van der Waals surface area contributed by atoms with E-state index in [1.165, 1.54) is 6.92 Å². The van der Waals surface area contributed by atoms with Crippen LogP contribution in [0.1, 0.15) is 33.4 Å². The van der Waals surface area contributed by atoms with Crippen LogP contribution in [0.3, 0.4) is 0 Å². The van der Waals surface area contributed by atoms with Gasteiger partial charge in [0.1, 0.15) is 0 Å². The lowest BCUT2D eigenvalue weighted by Crippen LogP contribution is -2.11. The Labute approximate surface area is 77.7 Å². The van der Waals surface area contributed by atoms with Crippen molar-refractivity contribution in [1.29, 1.82) is 0 Å². The number of anilines is 1. The maximum absolute atomic E-state index is 10.7. The lowest BCUT2D eigenvalue weighted by molar-refractivity contribution is -0.114. The van der Waals surface area contributed by atoms with E-state index < -0.39 is 0 Å². The molecule has 0 saturated heterocycles. The van der Waals surface area contributed by atoms with Gasteiger partial charge < -0.3 is 5.32 Å². The van der Waals surface area contributed by atoms with Crippen LogP contribution in [0.2, 0.25) is 0 Å². The summed E-state index contributed by atoms with van der Waals surface area (Å²) in [5.41, 5.74) is 1.04. The first kappa shape index (κ1) is 9.77. The van der Waals surface area contributed by atoms with Gasteiger partial charge in [-0.25, -0.2) is 0 Å². The lowest BCUT2D eigenvalue weighted by Gasteiger charge is -2.14. The quantitative estimate of drug-likeness (QED) is 0.692. The summed E-state index contributed by atoms with van der Waals surface area (Å²) >= 11 is 0. The molecular formula is C9H15N3O. The molecule has 0 unspecified atom stereocenters. The van der Waals surface area contributed by atoms with Crippen LogP contribution in [-0.4, -0.2) is 16.1 Å². The Kier molecular flexibility index (Phi) is 2.40. The number of amides is 1. The highest BCUT2D eigenvalue weighted by atomic mass is 16.1. The van der Waals surface area contributed by atoms with Gasteiger partial charge in [0.25, 0.3) is 0 Å². The van der Waals surface area contributed by atoms with Gasteiger partial charge in [-0.15, -0.1) is 0 Å². The van der Waals surface area contributed by atoms with Crippen LogP contribution in [0, 0.1) is 0 Å². The molecule has 0 aliphatic rings. The molecule has 13 heavy (non-hydrogen) atoms. The fourth-order valence-corrected chi connectivity index (χ4v) is 0.950. The molecule has 0 fully saturated rings. The Bertz CT molecular complexity index is 309. The summed E-state index contributed by atoms with van der Waals surface area (Å²) in [6.07, 6.45) is 0. The highest BCUT2D eigenvalue weighted by Crippen LogP contribution is 2.21. The molecule has 0 aliphatic heterocycles. The second-order valence-electron chi connectivity index (χ2n) is 4.10. The van der Waals surface area contributed by atoms with Crippen molar-refractivity contribution in [2.75, 3.05) is 5.32 Å². The summed E-state index contributed by atoms with van der Waals surface area (Å²) < 4.78 is 0. The van der Waals surface area contributed by atoms with Crippen molar-refractivity contribution in [3.05, 3.63) is 11.8 Å². The molecular weight excluding hydrogens is 166 g/mol. The van der Waals surface area contributed by atoms with E-state index in [1.54, 1.807) is 0 Å². The third kappa shape index (κ3) is 2.57. The number of aromatic nitrogens is 2. The standard InChI is InChI=1S/C9H15N3O/c1-6(13)10-8-5-7(11-12-8)9(2,3)4/h5H,1-4H3,(H2,10,11,12,13). The van der Waals surface area contributed by atoms with E-state index in [-0.39, 0.29) is 11.3 Å². The number of H-pyrrole nitrogens is 1. The molecule has 1 rings (SSSR count). The molecule has 2 N–H and O–H groups in total. The number of aromatic amines is 1. The number of rotatable bonds is 1. The minimum atomic E-state index is -0.105. The minimum Gasteiger partial charge on any atom is -0.309 e. The SMILES string of the molecule is CC(=O)Nc1cc(C(C)(C)C)[nH]n1. The molecule has 0 atom stereocenters.